The van der Waals surface area contributed by atoms with Crippen molar-refractivity contribution >= 4 is 5.78 Å². The fourth-order valence-corrected chi connectivity index (χ4v) is 3.66. The van der Waals surface area contributed by atoms with Crippen molar-refractivity contribution in [2.45, 2.75) is 11.8 Å². The molecule has 1 heteroatoms. The highest BCUT2D eigenvalue weighted by molar-refractivity contribution is 6.01. The van der Waals surface area contributed by atoms with Gasteiger partial charge in [-0.1, -0.05) is 91.0 Å². The third-order valence-electron chi connectivity index (χ3n) is 4.91. The van der Waals surface area contributed by atoms with E-state index in [1.807, 2.05) is 42.5 Å². The highest BCUT2D eigenvalue weighted by Gasteiger charge is 2.59. The van der Waals surface area contributed by atoms with Crippen LogP contribution in [-0.2, 0) is 5.41 Å². The zero-order valence-electron chi connectivity index (χ0n) is 12.9. The summed E-state index contributed by atoms with van der Waals surface area (Å²) in [6.45, 7) is 0. The van der Waals surface area contributed by atoms with Crippen molar-refractivity contribution in [1.82, 2.24) is 0 Å². The summed E-state index contributed by atoms with van der Waals surface area (Å²) >= 11 is 0. The minimum atomic E-state index is -0.171. The first kappa shape index (κ1) is 14.0. The number of carbonyl (C=O) groups is 1. The number of carbonyl (C=O) groups excluding carboxylic acids is 1. The number of rotatable bonds is 4. The Kier molecular flexibility index (Phi) is 3.34. The maximum Gasteiger partial charge on any atom is 0.167 e. The van der Waals surface area contributed by atoms with Crippen molar-refractivity contribution in [3.63, 3.8) is 0 Å². The summed E-state index contributed by atoms with van der Waals surface area (Å²) in [7, 11) is 0. The van der Waals surface area contributed by atoms with Gasteiger partial charge >= 0.3 is 0 Å². The van der Waals surface area contributed by atoms with E-state index in [1.54, 1.807) is 0 Å². The van der Waals surface area contributed by atoms with E-state index in [2.05, 4.69) is 48.5 Å². The molecule has 0 unspecified atom stereocenters. The molecule has 1 fully saturated rings. The molecule has 1 aliphatic carbocycles. The summed E-state index contributed by atoms with van der Waals surface area (Å²) < 4.78 is 0. The minimum absolute atomic E-state index is 0.0229. The molecule has 0 N–H and O–H groups in total. The highest BCUT2D eigenvalue weighted by atomic mass is 16.1. The van der Waals surface area contributed by atoms with Gasteiger partial charge in [0, 0.05) is 16.9 Å². The second-order valence-electron chi connectivity index (χ2n) is 6.19. The molecule has 1 saturated carbocycles. The van der Waals surface area contributed by atoms with E-state index in [0.717, 1.165) is 12.0 Å². The van der Waals surface area contributed by atoms with E-state index in [4.69, 9.17) is 0 Å². The van der Waals surface area contributed by atoms with Crippen LogP contribution in [0.2, 0.25) is 0 Å². The smallest absolute Gasteiger partial charge is 0.167 e. The Morgan fingerprint density at radius 2 is 1.13 bits per heavy atom. The van der Waals surface area contributed by atoms with Crippen molar-refractivity contribution in [2.75, 3.05) is 0 Å². The summed E-state index contributed by atoms with van der Waals surface area (Å²) in [6.07, 6.45) is 0.884. The van der Waals surface area contributed by atoms with Crippen LogP contribution in [0.15, 0.2) is 91.0 Å². The number of Topliss-reactive ketones (excluding diaryl/α,β-unsaturated/α-hetero) is 1. The molecule has 23 heavy (non-hydrogen) atoms. The molecule has 0 saturated heterocycles. The van der Waals surface area contributed by atoms with Crippen LogP contribution in [0, 0.1) is 5.92 Å². The average molecular weight is 298 g/mol. The molecule has 0 heterocycles. The Bertz CT molecular complexity index is 767. The van der Waals surface area contributed by atoms with Gasteiger partial charge in [-0.25, -0.2) is 0 Å². The third kappa shape index (κ3) is 2.29. The van der Waals surface area contributed by atoms with Gasteiger partial charge in [0.1, 0.15) is 0 Å². The fraction of sp³-hybridized carbons (Fsp3) is 0.136. The zero-order valence-corrected chi connectivity index (χ0v) is 12.9. The summed E-state index contributed by atoms with van der Waals surface area (Å²) in [6, 6.07) is 30.5. The van der Waals surface area contributed by atoms with Crippen LogP contribution in [0.1, 0.15) is 27.9 Å². The molecular formula is C22H18O. The Hall–Kier alpha value is -2.67. The van der Waals surface area contributed by atoms with E-state index >= 15 is 0 Å². The molecular weight excluding hydrogens is 280 g/mol. The van der Waals surface area contributed by atoms with Crippen molar-refractivity contribution < 1.29 is 4.79 Å². The number of benzene rings is 3. The second kappa shape index (κ2) is 5.51. The van der Waals surface area contributed by atoms with Crippen LogP contribution < -0.4 is 0 Å². The van der Waals surface area contributed by atoms with Gasteiger partial charge in [-0.2, -0.15) is 0 Å². The van der Waals surface area contributed by atoms with Gasteiger partial charge in [-0.05, 0) is 17.5 Å². The SMILES string of the molecule is O=C(c1ccccc1)[C@@H]1CC1(c1ccccc1)c1ccccc1. The standard InChI is InChI=1S/C22H18O/c23-21(17-10-4-1-5-11-17)20-16-22(20,18-12-6-2-7-13-18)19-14-8-3-9-15-19/h1-15,20H,16H2/t20-/m0/s1. The van der Waals surface area contributed by atoms with E-state index in [9.17, 15) is 4.79 Å². The molecule has 4 rings (SSSR count). The van der Waals surface area contributed by atoms with E-state index in [1.165, 1.54) is 11.1 Å². The Morgan fingerprint density at radius 3 is 1.61 bits per heavy atom. The molecule has 112 valence electrons. The molecule has 3 aromatic rings. The predicted octanol–water partition coefficient (Wildman–Crippen LogP) is 4.88. The third-order valence-corrected chi connectivity index (χ3v) is 4.91. The predicted molar refractivity (Wildman–Crippen MR) is 92.5 cm³/mol. The van der Waals surface area contributed by atoms with Gasteiger partial charge in [-0.3, -0.25) is 4.79 Å². The molecule has 0 aliphatic heterocycles. The van der Waals surface area contributed by atoms with Crippen molar-refractivity contribution in [3.05, 3.63) is 108 Å². The number of hydrogen-bond acceptors (Lipinski definition) is 1. The van der Waals surface area contributed by atoms with Crippen LogP contribution >= 0.6 is 0 Å². The maximum atomic E-state index is 13.0. The molecule has 0 radical (unpaired) electrons. The Balaban J connectivity index is 1.77. The van der Waals surface area contributed by atoms with Crippen LogP contribution in [-0.4, -0.2) is 5.78 Å². The number of ketones is 1. The zero-order chi connectivity index (χ0) is 15.7. The van der Waals surface area contributed by atoms with Gasteiger partial charge in [0.15, 0.2) is 5.78 Å². The molecule has 1 atom stereocenters. The van der Waals surface area contributed by atoms with Crippen LogP contribution in [0.25, 0.3) is 0 Å². The average Bonchev–Trinajstić information content (AvgIpc) is 3.40. The first-order chi connectivity index (χ1) is 11.3. The summed E-state index contributed by atoms with van der Waals surface area (Å²) in [4.78, 5) is 13.0. The van der Waals surface area contributed by atoms with Crippen molar-refractivity contribution in [2.24, 2.45) is 5.92 Å². The number of hydrogen-bond donors (Lipinski definition) is 0. The fourth-order valence-electron chi connectivity index (χ4n) is 3.66. The van der Waals surface area contributed by atoms with Crippen molar-refractivity contribution in [3.8, 4) is 0 Å². The lowest BCUT2D eigenvalue weighted by molar-refractivity contribution is 0.0960. The molecule has 1 aliphatic rings. The van der Waals surface area contributed by atoms with Crippen molar-refractivity contribution in [1.29, 1.82) is 0 Å². The monoisotopic (exact) mass is 298 g/mol. The largest absolute Gasteiger partial charge is 0.294 e. The highest BCUT2D eigenvalue weighted by Crippen LogP contribution is 2.59. The van der Waals surface area contributed by atoms with E-state index in [-0.39, 0.29) is 17.1 Å². The van der Waals surface area contributed by atoms with Gasteiger partial charge < -0.3 is 0 Å². The first-order valence-electron chi connectivity index (χ1n) is 8.03. The molecule has 0 aromatic heterocycles. The minimum Gasteiger partial charge on any atom is -0.294 e. The van der Waals surface area contributed by atoms with Crippen LogP contribution in [0.4, 0.5) is 0 Å². The summed E-state index contributed by atoms with van der Waals surface area (Å²) in [5, 5.41) is 0. The normalized spacial score (nSPS) is 18.3. The molecule has 0 spiro atoms. The van der Waals surface area contributed by atoms with Gasteiger partial charge in [-0.15, -0.1) is 0 Å². The molecule has 3 aromatic carbocycles. The van der Waals surface area contributed by atoms with Gasteiger partial charge in [0.25, 0.3) is 0 Å². The molecule has 0 bridgehead atoms. The lowest BCUT2D eigenvalue weighted by atomic mass is 9.84. The topological polar surface area (TPSA) is 17.1 Å². The summed E-state index contributed by atoms with van der Waals surface area (Å²) in [5.74, 6) is 0.271. The lowest BCUT2D eigenvalue weighted by Crippen LogP contribution is -2.17. The molecule has 0 amide bonds. The van der Waals surface area contributed by atoms with Crippen LogP contribution in [0.3, 0.4) is 0 Å². The quantitative estimate of drug-likeness (QED) is 0.628. The van der Waals surface area contributed by atoms with Gasteiger partial charge in [0.2, 0.25) is 0 Å². The summed E-state index contributed by atoms with van der Waals surface area (Å²) in [5.41, 5.74) is 3.11. The van der Waals surface area contributed by atoms with Gasteiger partial charge in [0.05, 0.1) is 0 Å². The second-order valence-corrected chi connectivity index (χ2v) is 6.19. The van der Waals surface area contributed by atoms with E-state index in [0.29, 0.717) is 0 Å². The Labute approximate surface area is 136 Å². The maximum absolute atomic E-state index is 13.0. The lowest BCUT2D eigenvalue weighted by Gasteiger charge is -2.18. The van der Waals surface area contributed by atoms with E-state index < -0.39 is 0 Å². The van der Waals surface area contributed by atoms with Crippen LogP contribution in [0.5, 0.6) is 0 Å². The Morgan fingerprint density at radius 1 is 0.696 bits per heavy atom. The first-order valence-corrected chi connectivity index (χ1v) is 8.03. The molecule has 1 nitrogen and oxygen atoms in total.